The Morgan fingerprint density at radius 3 is 2.85 bits per heavy atom. The molecule has 0 amide bonds. The van der Waals surface area contributed by atoms with Crippen LogP contribution in [0.4, 0.5) is 5.69 Å². The van der Waals surface area contributed by atoms with Crippen LogP contribution in [-0.2, 0) is 0 Å². The fourth-order valence-corrected chi connectivity index (χ4v) is 1.23. The Morgan fingerprint density at radius 1 is 1.31 bits per heavy atom. The van der Waals surface area contributed by atoms with E-state index in [1.165, 1.54) is 0 Å². The van der Waals surface area contributed by atoms with Crippen molar-refractivity contribution in [1.82, 2.24) is 9.97 Å². The minimum atomic E-state index is -0.226. The second-order valence-electron chi connectivity index (χ2n) is 2.67. The first kappa shape index (κ1) is 7.88. The second-order valence-corrected chi connectivity index (χ2v) is 2.67. The van der Waals surface area contributed by atoms with Gasteiger partial charge in [0.05, 0.1) is 11.0 Å². The summed E-state index contributed by atoms with van der Waals surface area (Å²) in [5.74, 6) is 0. The number of hydrogen-bond acceptors (Lipinski definition) is 3. The maximum atomic E-state index is 10.9. The molecule has 13 heavy (non-hydrogen) atoms. The smallest absolute Gasteiger partial charge is 0.323 e. The van der Waals surface area contributed by atoms with Gasteiger partial charge in [0.1, 0.15) is 6.73 Å². The number of aromatic amines is 2. The van der Waals surface area contributed by atoms with Crippen LogP contribution in [0.25, 0.3) is 11.0 Å². The summed E-state index contributed by atoms with van der Waals surface area (Å²) in [5, 5.41) is 11.3. The van der Waals surface area contributed by atoms with Crippen molar-refractivity contribution in [1.29, 1.82) is 0 Å². The molecule has 0 aliphatic carbocycles. The van der Waals surface area contributed by atoms with Gasteiger partial charge in [-0.15, -0.1) is 0 Å². The van der Waals surface area contributed by atoms with Gasteiger partial charge in [-0.25, -0.2) is 4.79 Å². The van der Waals surface area contributed by atoms with Gasteiger partial charge >= 0.3 is 5.69 Å². The molecule has 1 aromatic heterocycles. The van der Waals surface area contributed by atoms with Crippen LogP contribution in [0.3, 0.4) is 0 Å². The average Bonchev–Trinajstić information content (AvgIpc) is 2.44. The van der Waals surface area contributed by atoms with Crippen molar-refractivity contribution < 1.29 is 5.11 Å². The number of imidazole rings is 1. The van der Waals surface area contributed by atoms with Gasteiger partial charge in [-0.1, -0.05) is 0 Å². The highest BCUT2D eigenvalue weighted by atomic mass is 16.3. The normalized spacial score (nSPS) is 10.5. The highest BCUT2D eigenvalue weighted by molar-refractivity contribution is 5.78. The first-order valence-electron chi connectivity index (χ1n) is 3.86. The molecule has 1 heterocycles. The lowest BCUT2D eigenvalue weighted by Gasteiger charge is -2.00. The summed E-state index contributed by atoms with van der Waals surface area (Å²) in [6.07, 6.45) is 0. The van der Waals surface area contributed by atoms with Crippen molar-refractivity contribution in [2.45, 2.75) is 0 Å². The fraction of sp³-hybridized carbons (Fsp3) is 0.125. The van der Waals surface area contributed by atoms with Crippen molar-refractivity contribution in [3.63, 3.8) is 0 Å². The predicted octanol–water partition coefficient (Wildman–Crippen LogP) is 0.218. The monoisotopic (exact) mass is 179 g/mol. The summed E-state index contributed by atoms with van der Waals surface area (Å²) in [6, 6.07) is 5.30. The largest absolute Gasteiger partial charge is 0.377 e. The third kappa shape index (κ3) is 1.41. The van der Waals surface area contributed by atoms with Crippen LogP contribution in [0.5, 0.6) is 0 Å². The van der Waals surface area contributed by atoms with E-state index in [9.17, 15) is 4.79 Å². The summed E-state index contributed by atoms with van der Waals surface area (Å²) in [7, 11) is 0. The van der Waals surface area contributed by atoms with Gasteiger partial charge in [0, 0.05) is 5.69 Å². The van der Waals surface area contributed by atoms with Gasteiger partial charge in [0.2, 0.25) is 0 Å². The van der Waals surface area contributed by atoms with Crippen LogP contribution >= 0.6 is 0 Å². The van der Waals surface area contributed by atoms with E-state index in [1.54, 1.807) is 18.2 Å². The summed E-state index contributed by atoms with van der Waals surface area (Å²) >= 11 is 0. The Bertz CT molecular complexity index is 471. The number of aliphatic hydroxyl groups excluding tert-OH is 1. The standard InChI is InChI=1S/C8H9N3O2/c12-4-9-5-1-2-6-7(3-5)11-8(13)10-6/h1-3,9,12H,4H2,(H2,10,11,13). The van der Waals surface area contributed by atoms with E-state index in [-0.39, 0.29) is 12.4 Å². The third-order valence-electron chi connectivity index (χ3n) is 1.80. The zero-order chi connectivity index (χ0) is 9.26. The molecule has 2 rings (SSSR count). The Kier molecular flexibility index (Phi) is 1.79. The number of fused-ring (bicyclic) bond motifs is 1. The van der Waals surface area contributed by atoms with E-state index in [4.69, 9.17) is 5.11 Å². The molecule has 0 radical (unpaired) electrons. The van der Waals surface area contributed by atoms with E-state index in [0.29, 0.717) is 0 Å². The Hall–Kier alpha value is -1.75. The maximum Gasteiger partial charge on any atom is 0.323 e. The molecule has 68 valence electrons. The molecule has 2 aromatic rings. The quantitative estimate of drug-likeness (QED) is 0.498. The van der Waals surface area contributed by atoms with E-state index in [2.05, 4.69) is 15.3 Å². The molecule has 0 saturated carbocycles. The van der Waals surface area contributed by atoms with Gasteiger partial charge in [-0.3, -0.25) is 0 Å². The van der Waals surface area contributed by atoms with E-state index < -0.39 is 0 Å². The number of benzene rings is 1. The molecule has 0 aliphatic heterocycles. The van der Waals surface area contributed by atoms with Crippen LogP contribution in [0, 0.1) is 0 Å². The van der Waals surface area contributed by atoms with Crippen molar-refractivity contribution in [3.8, 4) is 0 Å². The minimum absolute atomic E-state index is 0.125. The number of hydrogen-bond donors (Lipinski definition) is 4. The lowest BCUT2D eigenvalue weighted by Crippen LogP contribution is -1.99. The molecular formula is C8H9N3O2. The Morgan fingerprint density at radius 2 is 2.08 bits per heavy atom. The SMILES string of the molecule is O=c1[nH]c2ccc(NCO)cc2[nH]1. The van der Waals surface area contributed by atoms with E-state index >= 15 is 0 Å². The number of anilines is 1. The number of aromatic nitrogens is 2. The van der Waals surface area contributed by atoms with Crippen LogP contribution < -0.4 is 11.0 Å². The van der Waals surface area contributed by atoms with Crippen LogP contribution in [0.15, 0.2) is 23.0 Å². The predicted molar refractivity (Wildman–Crippen MR) is 49.6 cm³/mol. The van der Waals surface area contributed by atoms with Crippen molar-refractivity contribution in [3.05, 3.63) is 28.7 Å². The number of aliphatic hydroxyl groups is 1. The molecular weight excluding hydrogens is 170 g/mol. The van der Waals surface area contributed by atoms with Gasteiger partial charge in [0.25, 0.3) is 0 Å². The number of H-pyrrole nitrogens is 2. The molecule has 0 bridgehead atoms. The number of nitrogens with one attached hydrogen (secondary N) is 3. The first-order valence-corrected chi connectivity index (χ1v) is 3.86. The highest BCUT2D eigenvalue weighted by Gasteiger charge is 1.98. The summed E-state index contributed by atoms with van der Waals surface area (Å²) in [5.41, 5.74) is 2.03. The van der Waals surface area contributed by atoms with Crippen molar-refractivity contribution >= 4 is 16.7 Å². The zero-order valence-electron chi connectivity index (χ0n) is 6.79. The highest BCUT2D eigenvalue weighted by Crippen LogP contribution is 2.13. The first-order chi connectivity index (χ1) is 6.29. The van der Waals surface area contributed by atoms with Crippen LogP contribution in [0.1, 0.15) is 0 Å². The number of rotatable bonds is 2. The van der Waals surface area contributed by atoms with Gasteiger partial charge in [-0.05, 0) is 18.2 Å². The van der Waals surface area contributed by atoms with Gasteiger partial charge < -0.3 is 20.4 Å². The molecule has 0 fully saturated rings. The molecule has 5 nitrogen and oxygen atoms in total. The van der Waals surface area contributed by atoms with Crippen molar-refractivity contribution in [2.75, 3.05) is 12.0 Å². The molecule has 4 N–H and O–H groups in total. The Labute approximate surface area is 73.4 Å². The van der Waals surface area contributed by atoms with Gasteiger partial charge in [-0.2, -0.15) is 0 Å². The molecule has 0 saturated heterocycles. The van der Waals surface area contributed by atoms with Crippen LogP contribution in [-0.4, -0.2) is 21.8 Å². The molecule has 5 heteroatoms. The minimum Gasteiger partial charge on any atom is -0.377 e. The maximum absolute atomic E-state index is 10.9. The Balaban J connectivity index is 2.54. The topological polar surface area (TPSA) is 80.9 Å². The second kappa shape index (κ2) is 2.95. The van der Waals surface area contributed by atoms with Gasteiger partial charge in [0.15, 0.2) is 0 Å². The lowest BCUT2D eigenvalue weighted by molar-refractivity contribution is 0.326. The van der Waals surface area contributed by atoms with E-state index in [1.807, 2.05) is 0 Å². The molecule has 1 aromatic carbocycles. The lowest BCUT2D eigenvalue weighted by atomic mass is 10.3. The molecule has 0 unspecified atom stereocenters. The third-order valence-corrected chi connectivity index (χ3v) is 1.80. The van der Waals surface area contributed by atoms with Crippen LogP contribution in [0.2, 0.25) is 0 Å². The fourth-order valence-electron chi connectivity index (χ4n) is 1.23. The molecule has 0 aliphatic rings. The zero-order valence-corrected chi connectivity index (χ0v) is 6.79. The summed E-state index contributed by atoms with van der Waals surface area (Å²) in [6.45, 7) is -0.125. The van der Waals surface area contributed by atoms with E-state index in [0.717, 1.165) is 16.7 Å². The molecule has 0 atom stereocenters. The summed E-state index contributed by atoms with van der Waals surface area (Å²) in [4.78, 5) is 16.1. The molecule has 0 spiro atoms. The summed E-state index contributed by atoms with van der Waals surface area (Å²) < 4.78 is 0. The van der Waals surface area contributed by atoms with Crippen molar-refractivity contribution in [2.24, 2.45) is 0 Å². The average molecular weight is 179 g/mol.